The van der Waals surface area contributed by atoms with Crippen molar-refractivity contribution >= 4 is 17.5 Å². The summed E-state index contributed by atoms with van der Waals surface area (Å²) in [5.74, 6) is -0.628. The molecular formula is C26H19ClFN5O2. The first-order valence-electron chi connectivity index (χ1n) is 10.9. The number of morpholine rings is 1. The van der Waals surface area contributed by atoms with E-state index in [2.05, 4.69) is 15.0 Å². The van der Waals surface area contributed by atoms with Crippen LogP contribution in [0, 0.1) is 17.1 Å². The lowest BCUT2D eigenvalue weighted by atomic mass is 10.0. The molecule has 1 aliphatic rings. The van der Waals surface area contributed by atoms with Crippen molar-refractivity contribution in [2.45, 2.75) is 6.04 Å². The maximum atomic E-state index is 14.4. The fraction of sp³-hybridized carbons (Fsp3) is 0.154. The summed E-state index contributed by atoms with van der Waals surface area (Å²) in [6, 6.07) is 19.1. The van der Waals surface area contributed by atoms with E-state index in [-0.39, 0.29) is 39.7 Å². The molecule has 0 spiro atoms. The Labute approximate surface area is 205 Å². The molecular weight excluding hydrogens is 469 g/mol. The molecule has 0 aliphatic carbocycles. The number of carbonyl (C=O) groups is 1. The van der Waals surface area contributed by atoms with Gasteiger partial charge in [-0.05, 0) is 29.8 Å². The molecule has 1 N–H and O–H groups in total. The number of hydrogen-bond donors (Lipinski definition) is 1. The Balaban J connectivity index is 1.44. The monoisotopic (exact) mass is 487 g/mol. The summed E-state index contributed by atoms with van der Waals surface area (Å²) in [7, 11) is 0. The van der Waals surface area contributed by atoms with Crippen LogP contribution < -0.4 is 0 Å². The van der Waals surface area contributed by atoms with Gasteiger partial charge in [-0.25, -0.2) is 9.37 Å². The lowest BCUT2D eigenvalue weighted by molar-refractivity contribution is -0.00300. The highest BCUT2D eigenvalue weighted by Crippen LogP contribution is 2.32. The molecule has 1 atom stereocenters. The van der Waals surface area contributed by atoms with Crippen LogP contribution in [0.15, 0.2) is 66.9 Å². The quantitative estimate of drug-likeness (QED) is 0.436. The van der Waals surface area contributed by atoms with Gasteiger partial charge in [-0.1, -0.05) is 48.0 Å². The van der Waals surface area contributed by atoms with E-state index in [1.807, 2.05) is 36.4 Å². The fourth-order valence-corrected chi connectivity index (χ4v) is 4.37. The summed E-state index contributed by atoms with van der Waals surface area (Å²) in [6.45, 7) is 1.32. The number of amides is 1. The molecule has 2 aromatic heterocycles. The first kappa shape index (κ1) is 22.7. The van der Waals surface area contributed by atoms with Crippen molar-refractivity contribution in [2.24, 2.45) is 0 Å². The predicted octanol–water partition coefficient (Wildman–Crippen LogP) is 5.02. The number of halogens is 2. The molecule has 1 fully saturated rings. The Morgan fingerprint density at radius 1 is 1.17 bits per heavy atom. The van der Waals surface area contributed by atoms with E-state index >= 15 is 0 Å². The van der Waals surface area contributed by atoms with Gasteiger partial charge in [0, 0.05) is 18.3 Å². The Bertz CT molecular complexity index is 1400. The van der Waals surface area contributed by atoms with E-state index < -0.39 is 5.82 Å². The number of pyridine rings is 1. The second kappa shape index (κ2) is 9.66. The van der Waals surface area contributed by atoms with E-state index in [4.69, 9.17) is 16.3 Å². The third kappa shape index (κ3) is 4.39. The van der Waals surface area contributed by atoms with Crippen molar-refractivity contribution in [3.63, 3.8) is 0 Å². The molecule has 0 saturated carbocycles. The number of aromatic amines is 1. The normalized spacial score (nSPS) is 15.6. The molecule has 0 radical (unpaired) electrons. The van der Waals surface area contributed by atoms with Crippen LogP contribution in [-0.2, 0) is 4.74 Å². The topological polar surface area (TPSA) is 94.9 Å². The minimum atomic E-state index is -0.556. The first-order valence-corrected chi connectivity index (χ1v) is 11.3. The molecule has 7 nitrogen and oxygen atoms in total. The second-order valence-corrected chi connectivity index (χ2v) is 8.36. The minimum absolute atomic E-state index is 0.0671. The molecule has 1 unspecified atom stereocenters. The van der Waals surface area contributed by atoms with Crippen LogP contribution in [0.1, 0.15) is 27.8 Å². The number of nitrogens with zero attached hydrogens (tertiary/aromatic N) is 4. The molecule has 3 heterocycles. The summed E-state index contributed by atoms with van der Waals surface area (Å²) in [4.78, 5) is 26.6. The number of imidazole rings is 1. The van der Waals surface area contributed by atoms with Gasteiger partial charge in [-0.15, -0.1) is 0 Å². The van der Waals surface area contributed by atoms with E-state index in [0.29, 0.717) is 31.0 Å². The molecule has 4 aromatic rings. The zero-order chi connectivity index (χ0) is 24.4. The number of nitrogens with one attached hydrogen (secondary N) is 1. The summed E-state index contributed by atoms with van der Waals surface area (Å²) in [5, 5.41) is 9.75. The minimum Gasteiger partial charge on any atom is -0.377 e. The zero-order valence-electron chi connectivity index (χ0n) is 18.4. The van der Waals surface area contributed by atoms with Crippen LogP contribution >= 0.6 is 11.6 Å². The lowest BCUT2D eigenvalue weighted by Gasteiger charge is -2.35. The number of H-pyrrole nitrogens is 1. The zero-order valence-corrected chi connectivity index (χ0v) is 19.2. The molecule has 5 rings (SSSR count). The van der Waals surface area contributed by atoms with Crippen LogP contribution in [0.3, 0.4) is 0 Å². The van der Waals surface area contributed by atoms with Gasteiger partial charge in [0.15, 0.2) is 5.69 Å². The van der Waals surface area contributed by atoms with Gasteiger partial charge in [0.2, 0.25) is 0 Å². The van der Waals surface area contributed by atoms with Crippen molar-refractivity contribution in [3.05, 3.63) is 94.7 Å². The Hall–Kier alpha value is -4.06. The second-order valence-electron chi connectivity index (χ2n) is 7.95. The summed E-state index contributed by atoms with van der Waals surface area (Å²) < 4.78 is 20.0. The highest BCUT2D eigenvalue weighted by molar-refractivity contribution is 6.33. The van der Waals surface area contributed by atoms with Gasteiger partial charge in [-0.2, -0.15) is 5.26 Å². The maximum Gasteiger partial charge on any atom is 0.273 e. The highest BCUT2D eigenvalue weighted by Gasteiger charge is 2.30. The van der Waals surface area contributed by atoms with E-state index in [0.717, 1.165) is 5.56 Å². The lowest BCUT2D eigenvalue weighted by Crippen LogP contribution is -2.43. The van der Waals surface area contributed by atoms with Crippen molar-refractivity contribution in [2.75, 3.05) is 19.8 Å². The number of benzene rings is 2. The number of hydrogen-bond acceptors (Lipinski definition) is 5. The number of ether oxygens (including phenoxy) is 1. The smallest absolute Gasteiger partial charge is 0.273 e. The molecule has 1 aliphatic heterocycles. The van der Waals surface area contributed by atoms with Crippen LogP contribution in [0.2, 0.25) is 5.02 Å². The Morgan fingerprint density at radius 3 is 2.71 bits per heavy atom. The van der Waals surface area contributed by atoms with Crippen molar-refractivity contribution < 1.29 is 13.9 Å². The average Bonchev–Trinajstić information content (AvgIpc) is 3.33. The van der Waals surface area contributed by atoms with Gasteiger partial charge in [0.25, 0.3) is 5.91 Å². The standard InChI is InChI=1S/C26H19ClFN5O2/c27-18-7-4-8-19(28)23(18)25-31-21(13-29)24(32-25)17-9-10-20(30-14-17)26(34)33-11-12-35-15-22(33)16-5-2-1-3-6-16/h1-10,14,22H,11-12,15H2,(H,31,32). The van der Waals surface area contributed by atoms with Gasteiger partial charge in [-0.3, -0.25) is 9.78 Å². The number of aromatic nitrogens is 3. The molecule has 2 aromatic carbocycles. The van der Waals surface area contributed by atoms with Crippen molar-refractivity contribution in [1.82, 2.24) is 19.9 Å². The highest BCUT2D eigenvalue weighted by atomic mass is 35.5. The van der Waals surface area contributed by atoms with Gasteiger partial charge in [0.1, 0.15) is 23.4 Å². The SMILES string of the molecule is N#Cc1nc(-c2c(F)cccc2Cl)[nH]c1-c1ccc(C(=O)N2CCOCC2c2ccccc2)nc1. The molecule has 0 bridgehead atoms. The maximum absolute atomic E-state index is 14.4. The van der Waals surface area contributed by atoms with Crippen LogP contribution in [-0.4, -0.2) is 45.5 Å². The summed E-state index contributed by atoms with van der Waals surface area (Å²) in [6.07, 6.45) is 1.49. The third-order valence-electron chi connectivity index (χ3n) is 5.85. The van der Waals surface area contributed by atoms with E-state index in [1.165, 1.54) is 18.3 Å². The number of nitriles is 1. The molecule has 1 amide bonds. The van der Waals surface area contributed by atoms with E-state index in [9.17, 15) is 14.4 Å². The van der Waals surface area contributed by atoms with E-state index in [1.54, 1.807) is 23.1 Å². The average molecular weight is 488 g/mol. The molecule has 9 heteroatoms. The number of rotatable bonds is 4. The van der Waals surface area contributed by atoms with Crippen molar-refractivity contribution in [3.8, 4) is 28.7 Å². The van der Waals surface area contributed by atoms with Crippen molar-refractivity contribution in [1.29, 1.82) is 5.26 Å². The molecule has 35 heavy (non-hydrogen) atoms. The predicted molar refractivity (Wildman–Crippen MR) is 128 cm³/mol. The van der Waals surface area contributed by atoms with Gasteiger partial charge in [0.05, 0.1) is 35.5 Å². The van der Waals surface area contributed by atoms with Crippen LogP contribution in [0.5, 0.6) is 0 Å². The molecule has 1 saturated heterocycles. The Kier molecular flexibility index (Phi) is 6.27. The van der Waals surface area contributed by atoms with Crippen LogP contribution in [0.25, 0.3) is 22.6 Å². The van der Waals surface area contributed by atoms with Crippen LogP contribution in [0.4, 0.5) is 4.39 Å². The van der Waals surface area contributed by atoms with Gasteiger partial charge >= 0.3 is 0 Å². The number of carbonyl (C=O) groups excluding carboxylic acids is 1. The summed E-state index contributed by atoms with van der Waals surface area (Å²) >= 11 is 6.15. The van der Waals surface area contributed by atoms with Gasteiger partial charge < -0.3 is 14.6 Å². The Morgan fingerprint density at radius 2 is 2.00 bits per heavy atom. The fourth-order valence-electron chi connectivity index (χ4n) is 4.12. The summed E-state index contributed by atoms with van der Waals surface area (Å²) in [5.41, 5.74) is 2.31. The largest absolute Gasteiger partial charge is 0.377 e. The molecule has 174 valence electrons. The first-order chi connectivity index (χ1) is 17.1. The third-order valence-corrected chi connectivity index (χ3v) is 6.17.